The molecule has 0 unspecified atom stereocenters. The standard InChI is InChI=1S/C10H8F3NO2/c1-15-6-16-9-4-7(5-14)2-3-8(9)10(11,12)13/h2-4H,6H2,1H3. The summed E-state index contributed by atoms with van der Waals surface area (Å²) in [5.41, 5.74) is -0.831. The molecule has 0 saturated carbocycles. The van der Waals surface area contributed by atoms with Gasteiger partial charge >= 0.3 is 6.18 Å². The molecule has 0 heterocycles. The average molecular weight is 231 g/mol. The monoisotopic (exact) mass is 231 g/mol. The van der Waals surface area contributed by atoms with Gasteiger partial charge < -0.3 is 9.47 Å². The first-order valence-corrected chi connectivity index (χ1v) is 4.22. The predicted octanol–water partition coefficient (Wildman–Crippen LogP) is 2.56. The van der Waals surface area contributed by atoms with Crippen molar-refractivity contribution in [2.45, 2.75) is 6.18 Å². The second-order valence-corrected chi connectivity index (χ2v) is 2.87. The minimum atomic E-state index is -4.52. The molecule has 1 aromatic rings. The van der Waals surface area contributed by atoms with Crippen LogP contribution in [0.3, 0.4) is 0 Å². The topological polar surface area (TPSA) is 42.2 Å². The number of methoxy groups -OCH3 is 1. The van der Waals surface area contributed by atoms with E-state index in [9.17, 15) is 13.2 Å². The third-order valence-corrected chi connectivity index (χ3v) is 1.75. The van der Waals surface area contributed by atoms with E-state index in [-0.39, 0.29) is 12.4 Å². The predicted molar refractivity (Wildman–Crippen MR) is 48.7 cm³/mol. The van der Waals surface area contributed by atoms with E-state index in [0.29, 0.717) is 0 Å². The molecule has 0 radical (unpaired) electrons. The summed E-state index contributed by atoms with van der Waals surface area (Å²) in [5.74, 6) is -0.409. The van der Waals surface area contributed by atoms with E-state index in [2.05, 4.69) is 4.74 Å². The molecule has 0 aromatic heterocycles. The molecule has 1 aromatic carbocycles. The maximum absolute atomic E-state index is 12.5. The van der Waals surface area contributed by atoms with Gasteiger partial charge in [-0.15, -0.1) is 0 Å². The smallest absolute Gasteiger partial charge is 0.419 e. The van der Waals surface area contributed by atoms with Gasteiger partial charge in [-0.2, -0.15) is 18.4 Å². The summed E-state index contributed by atoms with van der Waals surface area (Å²) in [4.78, 5) is 0. The Labute approximate surface area is 90.0 Å². The highest BCUT2D eigenvalue weighted by molar-refractivity contribution is 5.43. The quantitative estimate of drug-likeness (QED) is 0.751. The zero-order chi connectivity index (χ0) is 12.2. The van der Waals surface area contributed by atoms with Crippen LogP contribution in [0.15, 0.2) is 18.2 Å². The van der Waals surface area contributed by atoms with Crippen LogP contribution in [0.5, 0.6) is 5.75 Å². The Hall–Kier alpha value is -1.74. The first-order valence-electron chi connectivity index (χ1n) is 4.22. The van der Waals surface area contributed by atoms with Gasteiger partial charge in [0, 0.05) is 7.11 Å². The second kappa shape index (κ2) is 4.86. The van der Waals surface area contributed by atoms with E-state index in [1.54, 1.807) is 6.07 Å². The highest BCUT2D eigenvalue weighted by Crippen LogP contribution is 2.36. The van der Waals surface area contributed by atoms with Crippen LogP contribution in [0.25, 0.3) is 0 Å². The first-order chi connectivity index (χ1) is 7.49. The number of nitriles is 1. The molecular formula is C10H8F3NO2. The molecule has 86 valence electrons. The zero-order valence-corrected chi connectivity index (χ0v) is 8.34. The molecule has 0 amide bonds. The van der Waals surface area contributed by atoms with Crippen molar-refractivity contribution in [3.8, 4) is 11.8 Å². The van der Waals surface area contributed by atoms with Crippen molar-refractivity contribution < 1.29 is 22.6 Å². The van der Waals surface area contributed by atoms with Crippen molar-refractivity contribution in [3.63, 3.8) is 0 Å². The van der Waals surface area contributed by atoms with E-state index in [1.165, 1.54) is 7.11 Å². The summed E-state index contributed by atoms with van der Waals surface area (Å²) >= 11 is 0. The highest BCUT2D eigenvalue weighted by atomic mass is 19.4. The Kier molecular flexibility index (Phi) is 3.74. The summed E-state index contributed by atoms with van der Waals surface area (Å²) in [5, 5.41) is 8.56. The molecule has 0 aliphatic heterocycles. The lowest BCUT2D eigenvalue weighted by atomic mass is 10.1. The Morgan fingerprint density at radius 3 is 2.56 bits per heavy atom. The number of benzene rings is 1. The van der Waals surface area contributed by atoms with Gasteiger partial charge in [0.2, 0.25) is 0 Å². The lowest BCUT2D eigenvalue weighted by Gasteiger charge is -2.13. The normalized spacial score (nSPS) is 10.9. The van der Waals surface area contributed by atoms with Crippen molar-refractivity contribution in [2.24, 2.45) is 0 Å². The zero-order valence-electron chi connectivity index (χ0n) is 8.34. The summed E-state index contributed by atoms with van der Waals surface area (Å²) in [6.07, 6.45) is -4.52. The molecule has 0 fully saturated rings. The third-order valence-electron chi connectivity index (χ3n) is 1.75. The van der Waals surface area contributed by atoms with Crippen LogP contribution in [-0.4, -0.2) is 13.9 Å². The SMILES string of the molecule is COCOc1cc(C#N)ccc1C(F)(F)F. The molecule has 0 N–H and O–H groups in total. The maximum atomic E-state index is 12.5. The Balaban J connectivity index is 3.12. The van der Waals surface area contributed by atoms with E-state index in [1.807, 2.05) is 0 Å². The Bertz CT molecular complexity index is 410. The van der Waals surface area contributed by atoms with E-state index >= 15 is 0 Å². The Morgan fingerprint density at radius 2 is 2.06 bits per heavy atom. The van der Waals surface area contributed by atoms with Crippen LogP contribution in [-0.2, 0) is 10.9 Å². The fraction of sp³-hybridized carbons (Fsp3) is 0.300. The molecule has 0 bridgehead atoms. The van der Waals surface area contributed by atoms with Gasteiger partial charge in [0.25, 0.3) is 0 Å². The second-order valence-electron chi connectivity index (χ2n) is 2.87. The molecule has 0 aliphatic carbocycles. The van der Waals surface area contributed by atoms with Gasteiger partial charge in [-0.25, -0.2) is 0 Å². The minimum absolute atomic E-state index is 0.0964. The van der Waals surface area contributed by atoms with Gasteiger partial charge in [0.05, 0.1) is 17.2 Å². The van der Waals surface area contributed by atoms with E-state index in [4.69, 9.17) is 10.00 Å². The summed E-state index contributed by atoms with van der Waals surface area (Å²) in [6, 6.07) is 4.66. The number of halogens is 3. The molecule has 0 saturated heterocycles. The van der Waals surface area contributed by atoms with Gasteiger partial charge in [-0.3, -0.25) is 0 Å². The number of hydrogen-bond donors (Lipinski definition) is 0. The van der Waals surface area contributed by atoms with Crippen molar-refractivity contribution in [1.82, 2.24) is 0 Å². The molecule has 0 atom stereocenters. The third kappa shape index (κ3) is 2.87. The largest absolute Gasteiger partial charge is 0.467 e. The number of rotatable bonds is 3. The van der Waals surface area contributed by atoms with Crippen LogP contribution in [0.1, 0.15) is 11.1 Å². The molecule has 16 heavy (non-hydrogen) atoms. The van der Waals surface area contributed by atoms with Gasteiger partial charge in [-0.05, 0) is 18.2 Å². The molecule has 6 heteroatoms. The van der Waals surface area contributed by atoms with Gasteiger partial charge in [0.15, 0.2) is 6.79 Å². The number of alkyl halides is 3. The highest BCUT2D eigenvalue weighted by Gasteiger charge is 2.34. The average Bonchev–Trinajstić information content (AvgIpc) is 2.24. The number of hydrogen-bond acceptors (Lipinski definition) is 3. The van der Waals surface area contributed by atoms with E-state index in [0.717, 1.165) is 18.2 Å². The van der Waals surface area contributed by atoms with Crippen molar-refractivity contribution in [2.75, 3.05) is 13.9 Å². The van der Waals surface area contributed by atoms with Crippen LogP contribution in [0.2, 0.25) is 0 Å². The van der Waals surface area contributed by atoms with Crippen LogP contribution in [0.4, 0.5) is 13.2 Å². The minimum Gasteiger partial charge on any atom is -0.467 e. The maximum Gasteiger partial charge on any atom is 0.419 e. The van der Waals surface area contributed by atoms with Gasteiger partial charge in [-0.1, -0.05) is 0 Å². The molecular weight excluding hydrogens is 223 g/mol. The number of ether oxygens (including phenoxy) is 2. The lowest BCUT2D eigenvalue weighted by molar-refractivity contribution is -0.139. The van der Waals surface area contributed by atoms with Crippen LogP contribution >= 0.6 is 0 Å². The molecule has 3 nitrogen and oxygen atoms in total. The fourth-order valence-electron chi connectivity index (χ4n) is 1.07. The lowest BCUT2D eigenvalue weighted by Crippen LogP contribution is -2.10. The van der Waals surface area contributed by atoms with Gasteiger partial charge in [0.1, 0.15) is 5.75 Å². The Morgan fingerprint density at radius 1 is 1.38 bits per heavy atom. The van der Waals surface area contributed by atoms with Crippen LogP contribution < -0.4 is 4.74 Å². The number of nitrogens with zero attached hydrogens (tertiary/aromatic N) is 1. The summed E-state index contributed by atoms with van der Waals surface area (Å²) in [7, 11) is 1.29. The first kappa shape index (κ1) is 12.3. The summed E-state index contributed by atoms with van der Waals surface area (Å²) < 4.78 is 46.8. The van der Waals surface area contributed by atoms with Crippen molar-refractivity contribution in [1.29, 1.82) is 5.26 Å². The summed E-state index contributed by atoms with van der Waals surface area (Å²) in [6.45, 7) is -0.308. The molecule has 0 spiro atoms. The van der Waals surface area contributed by atoms with E-state index < -0.39 is 17.5 Å². The van der Waals surface area contributed by atoms with Crippen LogP contribution in [0, 0.1) is 11.3 Å². The molecule has 1 rings (SSSR count). The van der Waals surface area contributed by atoms with Crippen molar-refractivity contribution in [3.05, 3.63) is 29.3 Å². The molecule has 0 aliphatic rings. The van der Waals surface area contributed by atoms with Crippen molar-refractivity contribution >= 4 is 0 Å². The fourth-order valence-corrected chi connectivity index (χ4v) is 1.07.